The lowest BCUT2D eigenvalue weighted by atomic mass is 10.3. The highest BCUT2D eigenvalue weighted by molar-refractivity contribution is 6.69. The van der Waals surface area contributed by atoms with E-state index in [-0.39, 0.29) is 5.97 Å². The molecule has 0 aromatic carbocycles. The van der Waals surface area contributed by atoms with Gasteiger partial charge in [-0.25, -0.2) is 4.79 Å². The van der Waals surface area contributed by atoms with Gasteiger partial charge in [-0.1, -0.05) is 13.1 Å². The molecule has 0 heterocycles. The summed E-state index contributed by atoms with van der Waals surface area (Å²) >= 11 is 0. The average molecular weight is 246 g/mol. The summed E-state index contributed by atoms with van der Waals surface area (Å²) in [7, 11) is -2.41. The Labute approximate surface area is 95.2 Å². The Morgan fingerprint density at radius 2 is 1.87 bits per heavy atom. The van der Waals surface area contributed by atoms with Crippen LogP contribution in [0.4, 0.5) is 0 Å². The van der Waals surface area contributed by atoms with Crippen LogP contribution in [0.15, 0.2) is 11.8 Å². The van der Waals surface area contributed by atoms with Crippen molar-refractivity contribution >= 4 is 23.1 Å². The zero-order valence-corrected chi connectivity index (χ0v) is 12.7. The first-order valence-electron chi connectivity index (χ1n) is 5.24. The van der Waals surface area contributed by atoms with Gasteiger partial charge in [0.2, 0.25) is 8.32 Å². The second-order valence-electron chi connectivity index (χ2n) is 5.02. The minimum Gasteiger partial charge on any atom is -0.549 e. The Bertz CT molecular complexity index is 242. The van der Waals surface area contributed by atoms with Crippen LogP contribution in [0.1, 0.15) is 6.92 Å². The molecule has 0 saturated heterocycles. The maximum atomic E-state index is 11.4. The van der Waals surface area contributed by atoms with E-state index in [2.05, 4.69) is 32.7 Å². The van der Waals surface area contributed by atoms with E-state index in [0.717, 1.165) is 0 Å². The van der Waals surface area contributed by atoms with E-state index in [0.29, 0.717) is 11.8 Å². The minimum absolute atomic E-state index is 0.255. The Balaban J connectivity index is 4.08. The van der Waals surface area contributed by atoms with E-state index in [9.17, 15) is 4.79 Å². The lowest BCUT2D eigenvalue weighted by Gasteiger charge is -2.15. The van der Waals surface area contributed by atoms with Gasteiger partial charge in [-0.3, -0.25) is 0 Å². The summed E-state index contributed by atoms with van der Waals surface area (Å²) in [5.41, 5.74) is 0.548. The number of carbonyl (C=O) groups excluding carboxylic acids is 1. The van der Waals surface area contributed by atoms with Crippen LogP contribution in [0.5, 0.6) is 0 Å². The molecule has 0 fully saturated rings. The summed E-state index contributed by atoms with van der Waals surface area (Å²) in [5, 5.41) is 0. The standard InChI is InChI=1S/C10H22O3Si2/c1-9(7-13-15(4,5)6)10(11)12-8-14(2)3/h7,14H,8H2,1-6H3. The highest BCUT2D eigenvalue weighted by Crippen LogP contribution is 2.06. The zero-order chi connectivity index (χ0) is 12.1. The Morgan fingerprint density at radius 1 is 1.33 bits per heavy atom. The summed E-state index contributed by atoms with van der Waals surface area (Å²) in [6, 6.07) is 0. The number of hydrogen-bond donors (Lipinski definition) is 0. The van der Waals surface area contributed by atoms with E-state index in [1.165, 1.54) is 6.26 Å². The van der Waals surface area contributed by atoms with Crippen LogP contribution in [0, 0.1) is 0 Å². The van der Waals surface area contributed by atoms with Gasteiger partial charge in [0.25, 0.3) is 0 Å². The summed E-state index contributed by atoms with van der Waals surface area (Å²) < 4.78 is 10.6. The molecule has 3 nitrogen and oxygen atoms in total. The molecule has 0 amide bonds. The smallest absolute Gasteiger partial charge is 0.336 e. The van der Waals surface area contributed by atoms with Crippen LogP contribution in [0.25, 0.3) is 0 Å². The second-order valence-corrected chi connectivity index (χ2v) is 12.6. The summed E-state index contributed by atoms with van der Waals surface area (Å²) in [5.74, 6) is -0.255. The lowest BCUT2D eigenvalue weighted by Crippen LogP contribution is -2.23. The molecule has 5 heteroatoms. The SMILES string of the molecule is CC(=CO[Si](C)(C)C)C(=O)OC[SiH](C)C. The van der Waals surface area contributed by atoms with Crippen molar-refractivity contribution in [1.82, 2.24) is 0 Å². The van der Waals surface area contributed by atoms with Gasteiger partial charge in [-0.05, 0) is 26.6 Å². The van der Waals surface area contributed by atoms with Gasteiger partial charge < -0.3 is 9.16 Å². The molecule has 0 atom stereocenters. The summed E-state index contributed by atoms with van der Waals surface area (Å²) in [6.45, 7) is 12.2. The first kappa shape index (κ1) is 14.4. The topological polar surface area (TPSA) is 35.5 Å². The predicted molar refractivity (Wildman–Crippen MR) is 68.0 cm³/mol. The largest absolute Gasteiger partial charge is 0.549 e. The third kappa shape index (κ3) is 8.44. The number of esters is 1. The van der Waals surface area contributed by atoms with Crippen molar-refractivity contribution < 1.29 is 14.0 Å². The molecular formula is C10H22O3Si2. The lowest BCUT2D eigenvalue weighted by molar-refractivity contribution is -0.137. The number of ether oxygens (including phenoxy) is 1. The van der Waals surface area contributed by atoms with Crippen molar-refractivity contribution in [3.63, 3.8) is 0 Å². The molecule has 0 aliphatic heterocycles. The summed E-state index contributed by atoms with van der Waals surface area (Å²) in [4.78, 5) is 11.4. The van der Waals surface area contributed by atoms with Crippen molar-refractivity contribution in [2.24, 2.45) is 0 Å². The minimum atomic E-state index is -1.59. The number of carbonyl (C=O) groups is 1. The van der Waals surface area contributed by atoms with Crippen molar-refractivity contribution in [2.45, 2.75) is 39.7 Å². The Hall–Kier alpha value is -0.556. The molecule has 0 saturated carbocycles. The van der Waals surface area contributed by atoms with E-state index in [1.807, 2.05) is 0 Å². The molecule has 0 bridgehead atoms. The van der Waals surface area contributed by atoms with Gasteiger partial charge in [0.15, 0.2) is 0 Å². The van der Waals surface area contributed by atoms with Crippen molar-refractivity contribution in [1.29, 1.82) is 0 Å². The third-order valence-electron chi connectivity index (χ3n) is 1.46. The first-order chi connectivity index (χ1) is 6.72. The third-order valence-corrected chi connectivity index (χ3v) is 3.12. The van der Waals surface area contributed by atoms with Crippen LogP contribution in [0.2, 0.25) is 32.7 Å². The Morgan fingerprint density at radius 3 is 2.27 bits per heavy atom. The molecule has 0 aromatic heterocycles. The number of rotatable bonds is 5. The highest BCUT2D eigenvalue weighted by atomic mass is 28.4. The van der Waals surface area contributed by atoms with Gasteiger partial charge in [0, 0.05) is 0 Å². The molecule has 15 heavy (non-hydrogen) atoms. The molecule has 88 valence electrons. The fourth-order valence-corrected chi connectivity index (χ4v) is 1.68. The molecule has 0 N–H and O–H groups in total. The van der Waals surface area contributed by atoms with Crippen LogP contribution in [-0.4, -0.2) is 29.3 Å². The Kier molecular flexibility index (Phi) is 5.89. The van der Waals surface area contributed by atoms with Crippen molar-refractivity contribution in [3.8, 4) is 0 Å². The van der Waals surface area contributed by atoms with E-state index < -0.39 is 17.1 Å². The molecule has 0 unspecified atom stereocenters. The quantitative estimate of drug-likeness (QED) is 0.323. The fourth-order valence-electron chi connectivity index (χ4n) is 0.669. The number of hydrogen-bond acceptors (Lipinski definition) is 3. The van der Waals surface area contributed by atoms with Gasteiger partial charge in [0.05, 0.1) is 26.9 Å². The second kappa shape index (κ2) is 6.12. The first-order valence-corrected chi connectivity index (χ1v) is 11.8. The van der Waals surface area contributed by atoms with Gasteiger partial charge in [0.1, 0.15) is 0 Å². The maximum absolute atomic E-state index is 11.4. The van der Waals surface area contributed by atoms with Crippen LogP contribution < -0.4 is 0 Å². The molecular weight excluding hydrogens is 224 g/mol. The molecule has 0 radical (unpaired) electrons. The van der Waals surface area contributed by atoms with E-state index >= 15 is 0 Å². The van der Waals surface area contributed by atoms with E-state index in [4.69, 9.17) is 9.16 Å². The molecule has 0 aliphatic carbocycles. The monoisotopic (exact) mass is 246 g/mol. The van der Waals surface area contributed by atoms with Gasteiger partial charge in [-0.2, -0.15) is 0 Å². The maximum Gasteiger partial charge on any atom is 0.336 e. The molecule has 0 aromatic rings. The van der Waals surface area contributed by atoms with Crippen LogP contribution in [-0.2, 0) is 14.0 Å². The van der Waals surface area contributed by atoms with Gasteiger partial charge in [-0.15, -0.1) is 0 Å². The zero-order valence-electron chi connectivity index (χ0n) is 10.6. The van der Waals surface area contributed by atoms with Crippen LogP contribution in [0.3, 0.4) is 0 Å². The molecule has 0 rings (SSSR count). The summed E-state index contributed by atoms with van der Waals surface area (Å²) in [6.07, 6.45) is 2.13. The average Bonchev–Trinajstić information content (AvgIpc) is 2.08. The highest BCUT2D eigenvalue weighted by Gasteiger charge is 2.15. The van der Waals surface area contributed by atoms with Gasteiger partial charge >= 0.3 is 5.97 Å². The fraction of sp³-hybridized carbons (Fsp3) is 0.700. The molecule has 0 spiro atoms. The van der Waals surface area contributed by atoms with E-state index in [1.54, 1.807) is 6.92 Å². The van der Waals surface area contributed by atoms with Crippen molar-refractivity contribution in [3.05, 3.63) is 11.8 Å². The molecule has 0 aliphatic rings. The van der Waals surface area contributed by atoms with Crippen molar-refractivity contribution in [2.75, 3.05) is 6.23 Å². The van der Waals surface area contributed by atoms with Crippen LogP contribution >= 0.6 is 0 Å². The normalized spacial score (nSPS) is 12.9. The predicted octanol–water partition coefficient (Wildman–Crippen LogP) is 2.31.